The largest absolute Gasteiger partial charge is 1.00 e. The minimum absolute atomic E-state index is 0. The second-order valence-corrected chi connectivity index (χ2v) is 0. The molecule has 0 fully saturated rings. The molecule has 0 unspecified atom stereocenters. The van der Waals surface area contributed by atoms with Gasteiger partial charge in [0.25, 0.3) is 0 Å². The van der Waals surface area contributed by atoms with Crippen LogP contribution in [0.3, 0.4) is 0 Å². The molecule has 64 valence electrons. The van der Waals surface area contributed by atoms with E-state index in [0.29, 0.717) is 0 Å². The van der Waals surface area contributed by atoms with Crippen LogP contribution in [0.15, 0.2) is 0 Å². The molecule has 0 rings (SSSR count). The fourth-order valence-electron chi connectivity index (χ4n) is 0. The molecule has 0 aliphatic rings. The van der Waals surface area contributed by atoms with Gasteiger partial charge in [0, 0.05) is 0 Å². The zero-order valence-corrected chi connectivity index (χ0v) is 33.1. The normalized spacial score (nSPS) is 0. The number of hydrogen-bond acceptors (Lipinski definition) is 0. The summed E-state index contributed by atoms with van der Waals surface area (Å²) in [4.78, 5) is 0. The Hall–Kier alpha value is 10.3. The van der Waals surface area contributed by atoms with Crippen LogP contribution in [0, 0.1) is 0 Å². The van der Waals surface area contributed by atoms with Crippen LogP contribution in [0.25, 0.3) is 0 Å². The topological polar surface area (TPSA) is 0 Å². The summed E-state index contributed by atoms with van der Waals surface area (Å²) in [6.45, 7) is 0. The van der Waals surface area contributed by atoms with E-state index in [1.807, 2.05) is 0 Å². The Morgan fingerprint density at radius 2 is 0.125 bits per heavy atom. The first kappa shape index (κ1) is 158. The summed E-state index contributed by atoms with van der Waals surface area (Å²) in [5.41, 5.74) is 0. The third-order valence-electron chi connectivity index (χ3n) is 0. The van der Waals surface area contributed by atoms with Crippen LogP contribution in [-0.2, 0) is 0 Å². The summed E-state index contributed by atoms with van der Waals surface area (Å²) in [6, 6.07) is 0. The minimum Gasteiger partial charge on any atom is -1.00 e. The maximum absolute atomic E-state index is 0. The molecule has 0 aromatic carbocycles. The monoisotopic (exact) mass is 464 g/mol. The molecule has 0 saturated carbocycles. The zero-order valence-electron chi connectivity index (χ0n) is 11.0. The van der Waals surface area contributed by atoms with E-state index in [4.69, 9.17) is 0 Å². The summed E-state index contributed by atoms with van der Waals surface area (Å²) in [5.74, 6) is 0. The van der Waals surface area contributed by atoms with Gasteiger partial charge in [0.2, 0.25) is 0 Å². The Morgan fingerprint density at radius 3 is 0.125 bits per heavy atom. The molecule has 0 saturated heterocycles. The molecule has 0 N–H and O–H groups in total. The van der Waals surface area contributed by atoms with Gasteiger partial charge in [0.15, 0.2) is 0 Å². The van der Waals surface area contributed by atoms with Gasteiger partial charge in [0.1, 0.15) is 0 Å². The second-order valence-electron chi connectivity index (χ2n) is 0. The van der Waals surface area contributed by atoms with E-state index in [-0.39, 0.29) is 336 Å². The first-order chi connectivity index (χ1) is 0. The van der Waals surface area contributed by atoms with E-state index in [1.54, 1.807) is 0 Å². The van der Waals surface area contributed by atoms with Crippen LogP contribution in [0.2, 0.25) is 0 Å². The third kappa shape index (κ3) is 124. The molecule has 0 aliphatic carbocycles. The molecule has 0 aromatic rings. The van der Waals surface area contributed by atoms with Gasteiger partial charge in [-0.05, 0) is 0 Å². The molecule has 0 amide bonds. The molecular formula is Cl8Na8. The summed E-state index contributed by atoms with van der Waals surface area (Å²) < 4.78 is 0. The van der Waals surface area contributed by atoms with E-state index in [2.05, 4.69) is 0 Å². The van der Waals surface area contributed by atoms with E-state index in [0.717, 1.165) is 0 Å². The summed E-state index contributed by atoms with van der Waals surface area (Å²) in [5, 5.41) is 0. The predicted octanol–water partition coefficient (Wildman–Crippen LogP) is -47.9. The molecule has 0 aromatic heterocycles. The van der Waals surface area contributed by atoms with Crippen LogP contribution in [0.4, 0.5) is 0 Å². The molecule has 0 nitrogen and oxygen atoms in total. The number of hydrogen-bond donors (Lipinski definition) is 0. The van der Waals surface area contributed by atoms with Crippen LogP contribution in [-0.4, -0.2) is 0 Å². The first-order valence-corrected chi connectivity index (χ1v) is 0. The van der Waals surface area contributed by atoms with Crippen molar-refractivity contribution in [3.05, 3.63) is 0 Å². The average Bonchev–Trinajstić information content (AvgIpc) is 0. The molecule has 0 radical (unpaired) electrons. The van der Waals surface area contributed by atoms with Gasteiger partial charge in [-0.1, -0.05) is 0 Å². The van der Waals surface area contributed by atoms with Gasteiger partial charge >= 0.3 is 236 Å². The zero-order chi connectivity index (χ0) is 0. The van der Waals surface area contributed by atoms with Crippen LogP contribution in [0.5, 0.6) is 0 Å². The molecular weight excluding hydrogens is 468 g/mol. The van der Waals surface area contributed by atoms with E-state index in [1.165, 1.54) is 0 Å². The Labute approximate surface area is 326 Å². The van der Waals surface area contributed by atoms with Crippen molar-refractivity contribution in [2.24, 2.45) is 0 Å². The molecule has 0 aliphatic heterocycles. The Morgan fingerprint density at radius 1 is 0.125 bits per heavy atom. The van der Waals surface area contributed by atoms with Crippen molar-refractivity contribution in [3.8, 4) is 0 Å². The van der Waals surface area contributed by atoms with E-state index < -0.39 is 0 Å². The Balaban J connectivity index is 0. The summed E-state index contributed by atoms with van der Waals surface area (Å²) in [6.07, 6.45) is 0. The van der Waals surface area contributed by atoms with Crippen molar-refractivity contribution in [1.82, 2.24) is 0 Å². The number of halogens is 8. The third-order valence-corrected chi connectivity index (χ3v) is 0. The van der Waals surface area contributed by atoms with Crippen LogP contribution >= 0.6 is 0 Å². The van der Waals surface area contributed by atoms with Gasteiger partial charge in [-0.15, -0.1) is 0 Å². The fourth-order valence-corrected chi connectivity index (χ4v) is 0. The van der Waals surface area contributed by atoms with Crippen molar-refractivity contribution in [1.29, 1.82) is 0 Å². The molecule has 16 heavy (non-hydrogen) atoms. The van der Waals surface area contributed by atoms with Crippen molar-refractivity contribution in [2.45, 2.75) is 0 Å². The van der Waals surface area contributed by atoms with Crippen LogP contribution in [0.1, 0.15) is 0 Å². The van der Waals surface area contributed by atoms with Crippen molar-refractivity contribution in [2.75, 3.05) is 0 Å². The quantitative estimate of drug-likeness (QED) is 0.311. The number of rotatable bonds is 0. The fraction of sp³-hybridized carbons (Fsp3) is 0. The Kier molecular flexibility index (Phi) is 1390. The molecule has 0 spiro atoms. The van der Waals surface area contributed by atoms with Gasteiger partial charge in [0.05, 0.1) is 0 Å². The molecule has 16 heteroatoms. The Bertz CT molecular complexity index is 16.0. The van der Waals surface area contributed by atoms with E-state index >= 15 is 0 Å². The minimum atomic E-state index is 0. The maximum atomic E-state index is 0. The smallest absolute Gasteiger partial charge is 1.00 e. The van der Waals surface area contributed by atoms with Crippen molar-refractivity contribution < 1.29 is 336 Å². The SMILES string of the molecule is [Cl-].[Cl-].[Cl-].[Cl-].[Cl-].[Cl-].[Cl-].[Cl-].[Na+].[Na+].[Na+].[Na+].[Na+].[Na+].[Na+].[Na+]. The van der Waals surface area contributed by atoms with E-state index in [9.17, 15) is 0 Å². The molecule has 0 heterocycles. The van der Waals surface area contributed by atoms with Gasteiger partial charge in [-0.2, -0.15) is 0 Å². The maximum Gasteiger partial charge on any atom is 1.00 e. The summed E-state index contributed by atoms with van der Waals surface area (Å²) >= 11 is 0. The van der Waals surface area contributed by atoms with Crippen molar-refractivity contribution >= 4 is 0 Å². The molecule has 0 atom stereocenters. The summed E-state index contributed by atoms with van der Waals surface area (Å²) in [7, 11) is 0. The molecule has 0 bridgehead atoms. The van der Waals surface area contributed by atoms with Gasteiger partial charge < -0.3 is 99.3 Å². The van der Waals surface area contributed by atoms with Gasteiger partial charge in [-0.3, -0.25) is 0 Å². The first-order valence-electron chi connectivity index (χ1n) is 0. The van der Waals surface area contributed by atoms with Crippen molar-refractivity contribution in [3.63, 3.8) is 0 Å². The second kappa shape index (κ2) is 141. The standard InChI is InChI=1S/8ClH.8Na/h8*1H;;;;;;;;/q;;;;;;;;8*+1/p-8. The van der Waals surface area contributed by atoms with Gasteiger partial charge in [-0.25, -0.2) is 0 Å². The predicted molar refractivity (Wildman–Crippen MR) is 0 cm³/mol. The van der Waals surface area contributed by atoms with Crippen LogP contribution < -0.4 is 336 Å². The average molecular weight is 468 g/mol.